The van der Waals surface area contributed by atoms with Crippen LogP contribution in [0.15, 0.2) is 0 Å². The molecule has 76 valence electrons. The van der Waals surface area contributed by atoms with E-state index in [1.807, 2.05) is 13.8 Å². The Labute approximate surface area is 79.1 Å². The molecule has 0 aromatic heterocycles. The van der Waals surface area contributed by atoms with Crippen molar-refractivity contribution in [2.45, 2.75) is 40.0 Å². The highest BCUT2D eigenvalue weighted by molar-refractivity contribution is 5.79. The van der Waals surface area contributed by atoms with E-state index in [0.29, 0.717) is 12.8 Å². The lowest BCUT2D eigenvalue weighted by Crippen LogP contribution is -2.20. The number of carboxylic acid groups (broad SMARTS) is 1. The molecule has 0 fully saturated rings. The summed E-state index contributed by atoms with van der Waals surface area (Å²) in [7, 11) is 0. The van der Waals surface area contributed by atoms with Crippen LogP contribution in [0.3, 0.4) is 0 Å². The van der Waals surface area contributed by atoms with Crippen molar-refractivity contribution in [2.75, 3.05) is 0 Å². The van der Waals surface area contributed by atoms with E-state index in [4.69, 9.17) is 5.11 Å². The zero-order valence-electron chi connectivity index (χ0n) is 8.54. The zero-order valence-corrected chi connectivity index (χ0v) is 8.54. The Hall–Kier alpha value is -0.860. The summed E-state index contributed by atoms with van der Waals surface area (Å²) in [4.78, 5) is 21.7. The van der Waals surface area contributed by atoms with Crippen LogP contribution in [0.2, 0.25) is 0 Å². The first kappa shape index (κ1) is 12.1. The predicted molar refractivity (Wildman–Crippen MR) is 50.5 cm³/mol. The third-order valence-corrected chi connectivity index (χ3v) is 2.48. The maximum atomic E-state index is 11.1. The van der Waals surface area contributed by atoms with Crippen LogP contribution < -0.4 is 0 Å². The van der Waals surface area contributed by atoms with E-state index in [1.165, 1.54) is 6.92 Å². The fourth-order valence-electron chi connectivity index (χ4n) is 1.41. The van der Waals surface area contributed by atoms with Crippen molar-refractivity contribution in [3.05, 3.63) is 0 Å². The number of ketones is 1. The van der Waals surface area contributed by atoms with Crippen LogP contribution in [-0.2, 0) is 9.59 Å². The van der Waals surface area contributed by atoms with E-state index < -0.39 is 5.97 Å². The Morgan fingerprint density at radius 1 is 1.15 bits per heavy atom. The van der Waals surface area contributed by atoms with Gasteiger partial charge in [0.2, 0.25) is 0 Å². The second-order valence-corrected chi connectivity index (χ2v) is 3.39. The molecule has 0 radical (unpaired) electrons. The number of carbonyl (C=O) groups is 2. The number of carbonyl (C=O) groups excluding carboxylic acids is 1. The fraction of sp³-hybridized carbons (Fsp3) is 0.800. The minimum Gasteiger partial charge on any atom is -0.481 e. The van der Waals surface area contributed by atoms with Crippen molar-refractivity contribution in [3.8, 4) is 0 Å². The second-order valence-electron chi connectivity index (χ2n) is 3.39. The minimum absolute atomic E-state index is 0.0824. The van der Waals surface area contributed by atoms with Gasteiger partial charge < -0.3 is 5.11 Å². The molecule has 0 bridgehead atoms. The van der Waals surface area contributed by atoms with E-state index in [9.17, 15) is 9.59 Å². The van der Waals surface area contributed by atoms with Gasteiger partial charge in [-0.05, 0) is 26.2 Å². The van der Waals surface area contributed by atoms with Gasteiger partial charge in [-0.3, -0.25) is 9.59 Å². The average Bonchev–Trinajstić information content (AvgIpc) is 2.05. The molecule has 0 spiro atoms. The summed E-state index contributed by atoms with van der Waals surface area (Å²) in [6.07, 6.45) is 1.82. The molecule has 0 rings (SSSR count). The summed E-state index contributed by atoms with van der Waals surface area (Å²) in [6.45, 7) is 5.29. The van der Waals surface area contributed by atoms with E-state index in [1.54, 1.807) is 0 Å². The molecule has 13 heavy (non-hydrogen) atoms. The Bertz CT molecular complexity index is 167. The number of rotatable bonds is 6. The molecule has 0 aliphatic carbocycles. The molecule has 1 N–H and O–H groups in total. The number of carboxylic acids is 1. The lowest BCUT2D eigenvalue weighted by Gasteiger charge is -2.15. The van der Waals surface area contributed by atoms with Crippen LogP contribution in [-0.4, -0.2) is 16.9 Å². The van der Waals surface area contributed by atoms with Gasteiger partial charge in [0.1, 0.15) is 5.78 Å². The Morgan fingerprint density at radius 2 is 1.62 bits per heavy atom. The number of hydrogen-bond acceptors (Lipinski definition) is 2. The smallest absolute Gasteiger partial charge is 0.306 e. The van der Waals surface area contributed by atoms with Crippen molar-refractivity contribution in [2.24, 2.45) is 11.8 Å². The van der Waals surface area contributed by atoms with Crippen LogP contribution >= 0.6 is 0 Å². The van der Waals surface area contributed by atoms with Gasteiger partial charge in [0.15, 0.2) is 0 Å². The van der Waals surface area contributed by atoms with Crippen molar-refractivity contribution < 1.29 is 14.7 Å². The van der Waals surface area contributed by atoms with Gasteiger partial charge in [0, 0.05) is 5.92 Å². The predicted octanol–water partition coefficient (Wildman–Crippen LogP) is 2.10. The molecule has 0 aliphatic heterocycles. The van der Waals surface area contributed by atoms with E-state index in [-0.39, 0.29) is 17.6 Å². The van der Waals surface area contributed by atoms with Crippen molar-refractivity contribution >= 4 is 11.8 Å². The van der Waals surface area contributed by atoms with Crippen molar-refractivity contribution in [3.63, 3.8) is 0 Å². The Morgan fingerprint density at radius 3 is 1.85 bits per heavy atom. The first-order valence-electron chi connectivity index (χ1n) is 4.76. The van der Waals surface area contributed by atoms with Crippen molar-refractivity contribution in [1.29, 1.82) is 0 Å². The second kappa shape index (κ2) is 5.73. The zero-order chi connectivity index (χ0) is 10.4. The van der Waals surface area contributed by atoms with Crippen LogP contribution in [0, 0.1) is 11.8 Å². The van der Waals surface area contributed by atoms with Crippen LogP contribution in [0.4, 0.5) is 0 Å². The van der Waals surface area contributed by atoms with Gasteiger partial charge in [-0.2, -0.15) is 0 Å². The molecule has 0 amide bonds. The summed E-state index contributed by atoms with van der Waals surface area (Å²) in [5, 5.41) is 8.79. The van der Waals surface area contributed by atoms with Gasteiger partial charge in [-0.15, -0.1) is 0 Å². The van der Waals surface area contributed by atoms with Gasteiger partial charge >= 0.3 is 5.97 Å². The van der Waals surface area contributed by atoms with E-state index in [0.717, 1.165) is 6.42 Å². The third kappa shape index (κ3) is 4.06. The highest BCUT2D eigenvalue weighted by Crippen LogP contribution is 2.19. The topological polar surface area (TPSA) is 54.4 Å². The minimum atomic E-state index is -0.790. The van der Waals surface area contributed by atoms with E-state index in [2.05, 4.69) is 0 Å². The van der Waals surface area contributed by atoms with Crippen LogP contribution in [0.1, 0.15) is 40.0 Å². The third-order valence-electron chi connectivity index (χ3n) is 2.48. The van der Waals surface area contributed by atoms with Gasteiger partial charge in [0.25, 0.3) is 0 Å². The average molecular weight is 186 g/mol. The first-order valence-corrected chi connectivity index (χ1v) is 4.76. The molecule has 0 saturated heterocycles. The molecule has 3 nitrogen and oxygen atoms in total. The largest absolute Gasteiger partial charge is 0.481 e. The fourth-order valence-corrected chi connectivity index (χ4v) is 1.41. The van der Waals surface area contributed by atoms with Crippen molar-refractivity contribution in [1.82, 2.24) is 0 Å². The molecular weight excluding hydrogens is 168 g/mol. The maximum absolute atomic E-state index is 11.1. The number of aliphatic carboxylic acids is 1. The van der Waals surface area contributed by atoms with Crippen LogP contribution in [0.5, 0.6) is 0 Å². The molecule has 0 saturated carbocycles. The number of hydrogen-bond donors (Lipinski definition) is 1. The molecular formula is C10H18O3. The lowest BCUT2D eigenvalue weighted by molar-refractivity contribution is -0.142. The first-order chi connectivity index (χ1) is 6.02. The van der Waals surface area contributed by atoms with E-state index >= 15 is 0 Å². The normalized spacial score (nSPS) is 15.0. The number of Topliss-reactive ketones (excluding diaryl/α,β-unsaturated/α-hetero) is 1. The summed E-state index contributed by atoms with van der Waals surface area (Å²) in [5.41, 5.74) is 0. The monoisotopic (exact) mass is 186 g/mol. The SMILES string of the molecule is CCC(CC(CC)C(=O)O)C(C)=O. The lowest BCUT2D eigenvalue weighted by atomic mass is 9.88. The summed E-state index contributed by atoms with van der Waals surface area (Å²) in [6, 6.07) is 0. The molecule has 0 aromatic rings. The standard InChI is InChI=1S/C10H18O3/c1-4-8(7(3)11)6-9(5-2)10(12)13/h8-9H,4-6H2,1-3H3,(H,12,13). The van der Waals surface area contributed by atoms with Crippen LogP contribution in [0.25, 0.3) is 0 Å². The summed E-state index contributed by atoms with van der Waals surface area (Å²) >= 11 is 0. The molecule has 0 heterocycles. The molecule has 0 aromatic carbocycles. The maximum Gasteiger partial charge on any atom is 0.306 e. The van der Waals surface area contributed by atoms with Gasteiger partial charge in [-0.1, -0.05) is 13.8 Å². The molecule has 2 atom stereocenters. The molecule has 2 unspecified atom stereocenters. The highest BCUT2D eigenvalue weighted by Gasteiger charge is 2.22. The molecule has 3 heteroatoms. The van der Waals surface area contributed by atoms with Gasteiger partial charge in [0.05, 0.1) is 5.92 Å². The summed E-state index contributed by atoms with van der Waals surface area (Å²) < 4.78 is 0. The summed E-state index contributed by atoms with van der Waals surface area (Å²) in [5.74, 6) is -1.14. The molecule has 0 aliphatic rings. The van der Waals surface area contributed by atoms with Gasteiger partial charge in [-0.25, -0.2) is 0 Å². The highest BCUT2D eigenvalue weighted by atomic mass is 16.4. The quantitative estimate of drug-likeness (QED) is 0.691. The Kier molecular flexibility index (Phi) is 5.35. The Balaban J connectivity index is 4.19.